The minimum atomic E-state index is -1.16. The number of carbonyl (C=O) groups excluding carboxylic acids is 1. The second-order valence-electron chi connectivity index (χ2n) is 1.96. The van der Waals surface area contributed by atoms with Crippen LogP contribution in [0.2, 0.25) is 0 Å². The molecule has 1 aromatic heterocycles. The molecule has 0 aromatic carbocycles. The van der Waals surface area contributed by atoms with Gasteiger partial charge in [0, 0.05) is 24.5 Å². The molecule has 1 rings (SSSR count). The maximum Gasteiger partial charge on any atom is 0.328 e. The lowest BCUT2D eigenvalue weighted by molar-refractivity contribution is -0.131. The van der Waals surface area contributed by atoms with E-state index in [2.05, 4.69) is 5.10 Å². The van der Waals surface area contributed by atoms with Gasteiger partial charge in [-0.25, -0.2) is 9.48 Å². The summed E-state index contributed by atoms with van der Waals surface area (Å²) in [6.07, 6.45) is 4.58. The van der Waals surface area contributed by atoms with Gasteiger partial charge in [0.1, 0.15) is 0 Å². The molecule has 0 aliphatic heterocycles. The van der Waals surface area contributed by atoms with Crippen molar-refractivity contribution in [3.05, 3.63) is 30.6 Å². The Bertz CT molecular complexity index is 313. The molecular formula is C7H6N2O3. The minimum Gasteiger partial charge on any atom is -0.478 e. The maximum absolute atomic E-state index is 11.0. The van der Waals surface area contributed by atoms with Gasteiger partial charge >= 0.3 is 5.97 Å². The molecule has 0 unspecified atom stereocenters. The Morgan fingerprint density at radius 3 is 2.67 bits per heavy atom. The molecule has 5 heteroatoms. The Kier molecular flexibility index (Phi) is 2.37. The first-order valence-corrected chi connectivity index (χ1v) is 3.15. The molecule has 1 aromatic rings. The summed E-state index contributed by atoms with van der Waals surface area (Å²) in [6.45, 7) is 0. The van der Waals surface area contributed by atoms with Crippen molar-refractivity contribution >= 4 is 11.9 Å². The van der Waals surface area contributed by atoms with Crippen LogP contribution in [0, 0.1) is 0 Å². The van der Waals surface area contributed by atoms with E-state index in [0.29, 0.717) is 0 Å². The smallest absolute Gasteiger partial charge is 0.328 e. The van der Waals surface area contributed by atoms with Crippen molar-refractivity contribution in [2.24, 2.45) is 0 Å². The van der Waals surface area contributed by atoms with Crippen molar-refractivity contribution in [2.45, 2.75) is 0 Å². The fourth-order valence-corrected chi connectivity index (χ4v) is 0.618. The van der Waals surface area contributed by atoms with Crippen molar-refractivity contribution in [1.82, 2.24) is 9.78 Å². The van der Waals surface area contributed by atoms with Gasteiger partial charge in [0.15, 0.2) is 0 Å². The Labute approximate surface area is 67.9 Å². The quantitative estimate of drug-likeness (QED) is 0.635. The van der Waals surface area contributed by atoms with E-state index in [0.717, 1.165) is 16.8 Å². The summed E-state index contributed by atoms with van der Waals surface area (Å²) in [5.41, 5.74) is 0. The summed E-state index contributed by atoms with van der Waals surface area (Å²) in [4.78, 5) is 21.0. The SMILES string of the molecule is O=C(O)C=CC(=O)n1cccn1. The van der Waals surface area contributed by atoms with Crippen LogP contribution < -0.4 is 0 Å². The third-order valence-corrected chi connectivity index (χ3v) is 1.10. The third kappa shape index (κ3) is 2.05. The van der Waals surface area contributed by atoms with Gasteiger partial charge in [-0.3, -0.25) is 4.79 Å². The summed E-state index contributed by atoms with van der Waals surface area (Å²) >= 11 is 0. The fraction of sp³-hybridized carbons (Fsp3) is 0. The van der Waals surface area contributed by atoms with Crippen molar-refractivity contribution in [2.75, 3.05) is 0 Å². The van der Waals surface area contributed by atoms with Gasteiger partial charge in [-0.1, -0.05) is 0 Å². The predicted octanol–water partition coefficient (Wildman–Crippen LogP) is 0.164. The molecule has 0 atom stereocenters. The molecule has 5 nitrogen and oxygen atoms in total. The Hall–Kier alpha value is -1.91. The largest absolute Gasteiger partial charge is 0.478 e. The topological polar surface area (TPSA) is 72.2 Å². The second-order valence-corrected chi connectivity index (χ2v) is 1.96. The average molecular weight is 166 g/mol. The highest BCUT2D eigenvalue weighted by Crippen LogP contribution is 1.86. The van der Waals surface area contributed by atoms with Crippen LogP contribution in [0.1, 0.15) is 4.79 Å². The van der Waals surface area contributed by atoms with Crippen LogP contribution in [-0.4, -0.2) is 26.8 Å². The highest BCUT2D eigenvalue weighted by atomic mass is 16.4. The van der Waals surface area contributed by atoms with Gasteiger partial charge in [0.05, 0.1) is 0 Å². The summed E-state index contributed by atoms with van der Waals surface area (Å²) in [7, 11) is 0. The summed E-state index contributed by atoms with van der Waals surface area (Å²) in [5.74, 6) is -1.64. The number of aliphatic carboxylic acids is 1. The number of carboxylic acids is 1. The number of carbonyl (C=O) groups is 2. The molecule has 12 heavy (non-hydrogen) atoms. The maximum atomic E-state index is 11.0. The van der Waals surface area contributed by atoms with Crippen LogP contribution in [0.15, 0.2) is 30.6 Å². The second kappa shape index (κ2) is 3.47. The number of carboxylic acid groups (broad SMARTS) is 1. The average Bonchev–Trinajstić information content (AvgIpc) is 2.51. The summed E-state index contributed by atoms with van der Waals surface area (Å²) in [6, 6.07) is 1.58. The Balaban J connectivity index is 2.68. The first-order valence-electron chi connectivity index (χ1n) is 3.15. The lowest BCUT2D eigenvalue weighted by atomic mass is 10.5. The van der Waals surface area contributed by atoms with Gasteiger partial charge in [0.25, 0.3) is 5.91 Å². The molecule has 0 fully saturated rings. The van der Waals surface area contributed by atoms with Gasteiger partial charge in [-0.2, -0.15) is 5.10 Å². The molecule has 0 aliphatic carbocycles. The Morgan fingerprint density at radius 1 is 1.42 bits per heavy atom. The number of hydrogen-bond donors (Lipinski definition) is 1. The zero-order valence-corrected chi connectivity index (χ0v) is 6.04. The molecule has 0 saturated carbocycles. The lowest BCUT2D eigenvalue weighted by Gasteiger charge is -1.90. The van der Waals surface area contributed by atoms with Gasteiger partial charge in [0.2, 0.25) is 0 Å². The minimum absolute atomic E-state index is 0.484. The molecule has 62 valence electrons. The number of nitrogens with zero attached hydrogens (tertiary/aromatic N) is 2. The third-order valence-electron chi connectivity index (χ3n) is 1.10. The van der Waals surface area contributed by atoms with E-state index in [4.69, 9.17) is 5.11 Å². The van der Waals surface area contributed by atoms with Crippen LogP contribution in [0.5, 0.6) is 0 Å². The van der Waals surface area contributed by atoms with E-state index in [1.165, 1.54) is 12.4 Å². The van der Waals surface area contributed by atoms with Crippen LogP contribution in [0.25, 0.3) is 0 Å². The zero-order chi connectivity index (χ0) is 8.97. The highest BCUT2D eigenvalue weighted by Gasteiger charge is 1.98. The van der Waals surface area contributed by atoms with Gasteiger partial charge in [-0.15, -0.1) is 0 Å². The number of rotatable bonds is 2. The van der Waals surface area contributed by atoms with Crippen LogP contribution in [-0.2, 0) is 4.79 Å². The number of aromatic nitrogens is 2. The van der Waals surface area contributed by atoms with Crippen molar-refractivity contribution in [3.8, 4) is 0 Å². The van der Waals surface area contributed by atoms with E-state index in [1.807, 2.05) is 0 Å². The molecule has 1 heterocycles. The molecule has 1 N–H and O–H groups in total. The van der Waals surface area contributed by atoms with E-state index >= 15 is 0 Å². The molecule has 0 bridgehead atoms. The predicted molar refractivity (Wildman–Crippen MR) is 39.6 cm³/mol. The van der Waals surface area contributed by atoms with E-state index in [1.54, 1.807) is 6.07 Å². The summed E-state index contributed by atoms with van der Waals surface area (Å²) in [5, 5.41) is 11.8. The molecule has 0 amide bonds. The molecule has 0 radical (unpaired) electrons. The van der Waals surface area contributed by atoms with E-state index < -0.39 is 11.9 Å². The molecule has 0 aliphatic rings. The van der Waals surface area contributed by atoms with Gasteiger partial charge < -0.3 is 5.11 Å². The zero-order valence-electron chi connectivity index (χ0n) is 6.04. The van der Waals surface area contributed by atoms with E-state index in [9.17, 15) is 9.59 Å². The summed E-state index contributed by atoms with van der Waals surface area (Å²) < 4.78 is 1.04. The van der Waals surface area contributed by atoms with Crippen molar-refractivity contribution in [3.63, 3.8) is 0 Å². The first-order chi connectivity index (χ1) is 5.70. The highest BCUT2D eigenvalue weighted by molar-refractivity contribution is 5.94. The van der Waals surface area contributed by atoms with Crippen molar-refractivity contribution < 1.29 is 14.7 Å². The normalized spacial score (nSPS) is 10.3. The number of hydrogen-bond acceptors (Lipinski definition) is 3. The Morgan fingerprint density at radius 2 is 2.17 bits per heavy atom. The molecule has 0 saturated heterocycles. The van der Waals surface area contributed by atoms with Crippen LogP contribution in [0.3, 0.4) is 0 Å². The number of allylic oxidation sites excluding steroid dienone is 1. The van der Waals surface area contributed by atoms with Gasteiger partial charge in [-0.05, 0) is 6.07 Å². The van der Waals surface area contributed by atoms with Crippen molar-refractivity contribution in [1.29, 1.82) is 0 Å². The first kappa shape index (κ1) is 8.19. The van der Waals surface area contributed by atoms with Crippen LogP contribution >= 0.6 is 0 Å². The molecular weight excluding hydrogens is 160 g/mol. The lowest BCUT2D eigenvalue weighted by Crippen LogP contribution is -2.07. The standard InChI is InChI=1S/C7H6N2O3/c10-6(2-3-7(11)12)9-5-1-4-8-9/h1-5H,(H,11,12). The monoisotopic (exact) mass is 166 g/mol. The van der Waals surface area contributed by atoms with Crippen LogP contribution in [0.4, 0.5) is 0 Å². The molecule has 0 spiro atoms. The van der Waals surface area contributed by atoms with E-state index in [-0.39, 0.29) is 0 Å². The fourth-order valence-electron chi connectivity index (χ4n) is 0.618.